The van der Waals surface area contributed by atoms with Crippen molar-refractivity contribution in [3.63, 3.8) is 0 Å². The minimum atomic E-state index is -0.0377. The van der Waals surface area contributed by atoms with Gasteiger partial charge in [-0.05, 0) is 272 Å². The molecule has 15 aromatic rings. The van der Waals surface area contributed by atoms with Crippen LogP contribution in [-0.4, -0.2) is 22.8 Å². The number of benzene rings is 5. The first-order valence-corrected chi connectivity index (χ1v) is 54.9. The molecule has 0 saturated heterocycles. The smallest absolute Gasteiger partial charge is 0.152 e. The normalized spacial score (nSPS) is 27.1. The van der Waals surface area contributed by atoms with E-state index in [0.29, 0.717) is 24.2 Å². The molecule has 7 unspecified atom stereocenters. The number of anilines is 5. The Morgan fingerprint density at radius 3 is 1.06 bits per heavy atom. The van der Waals surface area contributed by atoms with E-state index in [1.807, 2.05) is 73.0 Å². The molecule has 7 atom stereocenters. The van der Waals surface area contributed by atoms with Gasteiger partial charge < -0.3 is 51.8 Å². The molecule has 704 valence electrons. The highest BCUT2D eigenvalue weighted by Gasteiger charge is 2.70. The summed E-state index contributed by atoms with van der Waals surface area (Å²) in [5.41, 5.74) is 37.1. The van der Waals surface area contributed by atoms with E-state index >= 15 is 0 Å². The van der Waals surface area contributed by atoms with Gasteiger partial charge in [-0.3, -0.25) is 0 Å². The van der Waals surface area contributed by atoms with Gasteiger partial charge in [0, 0.05) is 131 Å². The Labute approximate surface area is 815 Å². The number of aromatic nitrogens is 5. The van der Waals surface area contributed by atoms with Crippen LogP contribution in [0.3, 0.4) is 0 Å². The van der Waals surface area contributed by atoms with E-state index in [2.05, 4.69) is 387 Å². The van der Waals surface area contributed by atoms with E-state index < -0.39 is 0 Å². The molecule has 6 saturated carbocycles. The maximum absolute atomic E-state index is 6.36. The van der Waals surface area contributed by atoms with E-state index in [4.69, 9.17) is 4.42 Å². The van der Waals surface area contributed by atoms with E-state index in [0.717, 1.165) is 29.3 Å². The van der Waals surface area contributed by atoms with Crippen LogP contribution in [0, 0.1) is 55.3 Å². The molecule has 7 aliphatic heterocycles. The number of para-hydroxylation sites is 5. The second-order valence-corrected chi connectivity index (χ2v) is 48.2. The van der Waals surface area contributed by atoms with Crippen LogP contribution in [0.25, 0.3) is 52.0 Å². The third-order valence-corrected chi connectivity index (χ3v) is 42.2. The maximum Gasteiger partial charge on any atom is 0.152 e. The quantitative estimate of drug-likeness (QED) is 0.176. The van der Waals surface area contributed by atoms with Crippen molar-refractivity contribution in [1.82, 2.24) is 22.8 Å². The Hall–Kier alpha value is -9.12. The van der Waals surface area contributed by atoms with Crippen molar-refractivity contribution in [2.45, 2.75) is 311 Å². The second-order valence-electron chi connectivity index (χ2n) is 44.5. The third kappa shape index (κ3) is 11.8. The lowest BCUT2D eigenvalue weighted by Gasteiger charge is -2.64. The molecule has 11 nitrogen and oxygen atoms in total. The number of hydrogen-bond acceptors (Lipinski definition) is 10. The van der Waals surface area contributed by atoms with E-state index in [1.165, 1.54) is 211 Å². The largest absolute Gasteiger partial charge is 0.457 e. The minimum Gasteiger partial charge on any atom is -0.457 e. The number of rotatable bonds is 3. The van der Waals surface area contributed by atoms with Crippen LogP contribution in [0.4, 0.5) is 28.4 Å². The Morgan fingerprint density at radius 1 is 0.328 bits per heavy atom. The van der Waals surface area contributed by atoms with Crippen LogP contribution in [0.15, 0.2) is 184 Å². The summed E-state index contributed by atoms with van der Waals surface area (Å²) in [4.78, 5) is 13.8. The van der Waals surface area contributed by atoms with Crippen molar-refractivity contribution >= 4 is 126 Å². The van der Waals surface area contributed by atoms with Gasteiger partial charge >= 0.3 is 0 Å². The van der Waals surface area contributed by atoms with Crippen LogP contribution < -0.4 is 24.5 Å². The number of thiophene rings is 4. The number of aryl methyl sites for hydroxylation is 8. The molecule has 15 heteroatoms. The van der Waals surface area contributed by atoms with Crippen molar-refractivity contribution in [2.75, 3.05) is 24.5 Å². The zero-order valence-corrected chi connectivity index (χ0v) is 88.7. The van der Waals surface area contributed by atoms with Crippen LogP contribution in [0.2, 0.25) is 0 Å². The molecule has 10 aromatic heterocycles. The predicted octanol–water partition coefficient (Wildman–Crippen LogP) is 33.3. The molecule has 17 heterocycles. The molecule has 0 amide bonds. The highest BCUT2D eigenvalue weighted by atomic mass is 32.1. The maximum atomic E-state index is 6.36. The van der Waals surface area contributed by atoms with Gasteiger partial charge in [0.25, 0.3) is 0 Å². The molecule has 3 spiro atoms. The minimum absolute atomic E-state index is 0.0377. The highest BCUT2D eigenvalue weighted by molar-refractivity contribution is 7.18. The first-order valence-electron chi connectivity index (χ1n) is 51.4. The van der Waals surface area contributed by atoms with Crippen LogP contribution in [0.1, 0.15) is 336 Å². The molecule has 0 radical (unpaired) electrons. The van der Waals surface area contributed by atoms with Crippen LogP contribution >= 0.6 is 45.3 Å². The summed E-state index contributed by atoms with van der Waals surface area (Å²) in [5, 5.41) is 9.07. The van der Waals surface area contributed by atoms with Crippen molar-refractivity contribution in [2.24, 2.45) is 69.7 Å². The number of furan rings is 1. The van der Waals surface area contributed by atoms with Crippen molar-refractivity contribution in [1.29, 1.82) is 0 Å². The van der Waals surface area contributed by atoms with Gasteiger partial charge in [-0.15, -0.1) is 45.3 Å². The summed E-state index contributed by atoms with van der Waals surface area (Å²) >= 11 is 7.73. The van der Waals surface area contributed by atoms with E-state index in [1.54, 1.807) is 38.3 Å². The van der Waals surface area contributed by atoms with Gasteiger partial charge in [0.05, 0.1) is 104 Å². The molecule has 28 rings (SSSR count). The molecule has 5 aromatic carbocycles. The standard InChI is InChI=1S/C26H30N2S.2C23H28N2S.C22H26N2S.C21H24N2O.2C2H6/c1-15-6-4-5-7-21(15)28-16(2)24-23(25-22(27(24)3)8-9-29-25)26(28)19-11-17-10-18(13-19)14-20(26)12-17;2*1-14-19-18(20-17(24(19)7)12-13-26-20)23(6)22(4,5)21(2,3)15-10-8-9-11-16(15)25(14)23;1-15-9-5-6-10-17(15)24-16(2)20-19(22(24)12-7-4-8-13-22)21-18(23(20)3)11-14-25-21;1-14-8-4-5-9-16(14)23-15(2)20-18(21(23)11-6-7-12-21)19-17(24-20)10-13-22(19)3;2*1-2/h4-9,16-20H,10-14H2,1-3H3;2*8-14H,1-7H3;5-6,9-11,14,16H,4,7-8,12-13H2,1-3H3;4-5,8-10,13,15H,6-7,11-12H2,1-3H3;2*1-2H3. The highest BCUT2D eigenvalue weighted by Crippen LogP contribution is 2.74. The van der Waals surface area contributed by atoms with Crippen molar-refractivity contribution in [3.05, 3.63) is 264 Å². The average Bonchev–Trinajstić information content (AvgIpc) is 1.48. The van der Waals surface area contributed by atoms with Crippen LogP contribution in [-0.2, 0) is 73.8 Å². The van der Waals surface area contributed by atoms with Crippen molar-refractivity contribution in [3.8, 4) is 0 Å². The van der Waals surface area contributed by atoms with Gasteiger partial charge in [0.15, 0.2) is 5.58 Å². The number of nitrogens with zero attached hydrogens (tertiary/aromatic N) is 10. The first-order chi connectivity index (χ1) is 64.2. The summed E-state index contributed by atoms with van der Waals surface area (Å²) in [6.07, 6.45) is 21.1. The molecule has 0 N–H and O–H groups in total. The molecule has 4 bridgehead atoms. The SMILES string of the molecule is CC.CC.CC1c2c(c3sccc3n2C)C2(C)N1c1ccccc1C(C)(C)C2(C)C.CC1c2c(c3sccc3n2C)C2(C)N1c1ccccc1C(C)(C)C2(C)C.Cc1ccccc1N1C(C)c2c(c3sccc3n2C)C12C1CC3CC(C1)CC2C3.Cc1ccccc1N1C(C)c2c(c3sccc3n2C)C12CCCCC2.Cc1ccccc1N1C(C)c2oc3ccn(C)c3c2C12CCCC2. The topological polar surface area (TPSA) is 54.0 Å². The van der Waals surface area contributed by atoms with Crippen LogP contribution in [0.5, 0.6) is 0 Å². The van der Waals surface area contributed by atoms with Crippen molar-refractivity contribution < 1.29 is 4.42 Å². The lowest BCUT2D eigenvalue weighted by Crippen LogP contribution is -2.62. The lowest BCUT2D eigenvalue weighted by molar-refractivity contribution is -0.0595. The molecule has 134 heavy (non-hydrogen) atoms. The Bertz CT molecular complexity index is 6840. The zero-order chi connectivity index (χ0) is 94.4. The Kier molecular flexibility index (Phi) is 22.0. The van der Waals surface area contributed by atoms with Gasteiger partial charge in [0.2, 0.25) is 0 Å². The third-order valence-electron chi connectivity index (χ3n) is 38.5. The van der Waals surface area contributed by atoms with Gasteiger partial charge in [-0.1, -0.05) is 206 Å². The molecular formula is C119H148N10OS4. The Morgan fingerprint density at radius 2 is 0.649 bits per heavy atom. The summed E-state index contributed by atoms with van der Waals surface area (Å²) in [7, 11) is 11.2. The first kappa shape index (κ1) is 91.3. The molecule has 13 aliphatic rings. The number of fused-ring (bicyclic) bond motifs is 25. The van der Waals surface area contributed by atoms with E-state index in [-0.39, 0.29) is 55.4 Å². The average molecular weight is 1860 g/mol. The fourth-order valence-electron chi connectivity index (χ4n) is 31.4. The molecule has 6 aliphatic carbocycles. The molecular weight excluding hydrogens is 1710 g/mol. The fraction of sp³-hybridized carbons (Fsp3) is 0.496. The van der Waals surface area contributed by atoms with Gasteiger partial charge in [-0.25, -0.2) is 0 Å². The summed E-state index contributed by atoms with van der Waals surface area (Å²) in [6, 6.07) is 58.3. The zero-order valence-electron chi connectivity index (χ0n) is 85.4. The predicted molar refractivity (Wildman–Crippen MR) is 574 cm³/mol. The second kappa shape index (κ2) is 32.2. The summed E-state index contributed by atoms with van der Waals surface area (Å²) in [6.45, 7) is 51.4. The fourth-order valence-corrected chi connectivity index (χ4v) is 35.7. The number of hydrogen-bond donors (Lipinski definition) is 0. The van der Waals surface area contributed by atoms with Gasteiger partial charge in [-0.2, -0.15) is 0 Å². The lowest BCUT2D eigenvalue weighted by atomic mass is 9.47. The Balaban J connectivity index is 0.0000000997. The molecule has 6 fully saturated rings. The van der Waals surface area contributed by atoms with Gasteiger partial charge in [0.1, 0.15) is 5.76 Å². The summed E-state index contributed by atoms with van der Waals surface area (Å²) < 4.78 is 24.6. The van der Waals surface area contributed by atoms with E-state index in [9.17, 15) is 0 Å². The summed E-state index contributed by atoms with van der Waals surface area (Å²) in [5.74, 6) is 4.79. The monoisotopic (exact) mass is 1860 g/mol.